The molecule has 1 saturated carbocycles. The summed E-state index contributed by atoms with van der Waals surface area (Å²) in [6, 6.07) is 4.96. The Morgan fingerprint density at radius 2 is 2.06 bits per heavy atom. The van der Waals surface area contributed by atoms with E-state index in [2.05, 4.69) is 21.2 Å². The standard InChI is InChI=1S/C12H11BrClNO3/c13-8-3-2-7(14)6-9(8)15-10(16)12(11(17)18)4-1-5-12/h2-3,6H,1,4-5H2,(H,15,16)(H,17,18). The molecule has 0 spiro atoms. The highest BCUT2D eigenvalue weighted by molar-refractivity contribution is 9.10. The molecule has 1 aromatic rings. The number of carboxylic acid groups (broad SMARTS) is 1. The van der Waals surface area contributed by atoms with Crippen LogP contribution in [0.5, 0.6) is 0 Å². The van der Waals surface area contributed by atoms with E-state index in [1.54, 1.807) is 18.2 Å². The SMILES string of the molecule is O=C(O)C1(C(=O)Nc2cc(Cl)ccc2Br)CCC1. The maximum Gasteiger partial charge on any atom is 0.319 e. The lowest BCUT2D eigenvalue weighted by molar-refractivity contribution is -0.159. The van der Waals surface area contributed by atoms with E-state index in [-0.39, 0.29) is 0 Å². The molecule has 0 heterocycles. The van der Waals surface area contributed by atoms with Gasteiger partial charge in [-0.05, 0) is 47.0 Å². The minimum atomic E-state index is -1.28. The average Bonchev–Trinajstić information content (AvgIpc) is 2.21. The van der Waals surface area contributed by atoms with Crippen molar-refractivity contribution in [3.63, 3.8) is 0 Å². The second-order valence-electron chi connectivity index (χ2n) is 4.32. The zero-order valence-electron chi connectivity index (χ0n) is 9.37. The van der Waals surface area contributed by atoms with Crippen molar-refractivity contribution in [3.8, 4) is 0 Å². The maximum atomic E-state index is 12.1. The Balaban J connectivity index is 2.21. The number of anilines is 1. The van der Waals surface area contributed by atoms with Gasteiger partial charge in [0.1, 0.15) is 5.41 Å². The van der Waals surface area contributed by atoms with Gasteiger partial charge in [-0.3, -0.25) is 9.59 Å². The lowest BCUT2D eigenvalue weighted by Crippen LogP contribution is -2.48. The number of carboxylic acids is 1. The van der Waals surface area contributed by atoms with Gasteiger partial charge in [0.15, 0.2) is 0 Å². The monoisotopic (exact) mass is 331 g/mol. The second kappa shape index (κ2) is 4.90. The topological polar surface area (TPSA) is 66.4 Å². The van der Waals surface area contributed by atoms with Crippen LogP contribution in [0.1, 0.15) is 19.3 Å². The van der Waals surface area contributed by atoms with Gasteiger partial charge in [0.2, 0.25) is 5.91 Å². The van der Waals surface area contributed by atoms with E-state index in [1.807, 2.05) is 0 Å². The van der Waals surface area contributed by atoms with E-state index in [1.165, 1.54) is 0 Å². The van der Waals surface area contributed by atoms with Crippen molar-refractivity contribution in [1.29, 1.82) is 0 Å². The Morgan fingerprint density at radius 3 is 2.56 bits per heavy atom. The highest BCUT2D eigenvalue weighted by atomic mass is 79.9. The molecule has 1 aliphatic rings. The average molecular weight is 333 g/mol. The maximum absolute atomic E-state index is 12.1. The number of nitrogens with one attached hydrogen (secondary N) is 1. The summed E-state index contributed by atoms with van der Waals surface area (Å²) in [5, 5.41) is 12.3. The summed E-state index contributed by atoms with van der Waals surface area (Å²) in [5.74, 6) is -1.55. The van der Waals surface area contributed by atoms with Crippen molar-refractivity contribution in [3.05, 3.63) is 27.7 Å². The molecule has 1 aliphatic carbocycles. The van der Waals surface area contributed by atoms with E-state index >= 15 is 0 Å². The fourth-order valence-electron chi connectivity index (χ4n) is 1.90. The molecular formula is C12H11BrClNO3. The van der Waals surface area contributed by atoms with Crippen LogP contribution in [-0.2, 0) is 9.59 Å². The lowest BCUT2D eigenvalue weighted by atomic mass is 9.68. The molecule has 4 nitrogen and oxygen atoms in total. The van der Waals surface area contributed by atoms with Gasteiger partial charge in [-0.15, -0.1) is 0 Å². The molecule has 96 valence electrons. The number of amides is 1. The second-order valence-corrected chi connectivity index (χ2v) is 5.61. The van der Waals surface area contributed by atoms with Crippen LogP contribution in [0.2, 0.25) is 5.02 Å². The summed E-state index contributed by atoms with van der Waals surface area (Å²) in [4.78, 5) is 23.3. The van der Waals surface area contributed by atoms with Gasteiger partial charge in [0.05, 0.1) is 5.69 Å². The largest absolute Gasteiger partial charge is 0.480 e. The predicted octanol–water partition coefficient (Wildman–Crippen LogP) is 3.30. The number of hydrogen-bond acceptors (Lipinski definition) is 2. The third kappa shape index (κ3) is 2.24. The molecule has 0 aromatic heterocycles. The van der Waals surface area contributed by atoms with Crippen LogP contribution in [0.3, 0.4) is 0 Å². The Bertz CT molecular complexity index is 514. The molecular weight excluding hydrogens is 321 g/mol. The van der Waals surface area contributed by atoms with Crippen molar-refractivity contribution in [1.82, 2.24) is 0 Å². The van der Waals surface area contributed by atoms with Crippen molar-refractivity contribution in [2.24, 2.45) is 5.41 Å². The van der Waals surface area contributed by atoms with Gasteiger partial charge in [-0.25, -0.2) is 0 Å². The molecule has 0 bridgehead atoms. The molecule has 1 fully saturated rings. The fourth-order valence-corrected chi connectivity index (χ4v) is 2.42. The number of carbonyl (C=O) groups is 2. The molecule has 0 aliphatic heterocycles. The molecule has 0 saturated heterocycles. The van der Waals surface area contributed by atoms with Crippen LogP contribution >= 0.6 is 27.5 Å². The molecule has 1 aromatic carbocycles. The van der Waals surface area contributed by atoms with E-state index in [0.29, 0.717) is 28.0 Å². The van der Waals surface area contributed by atoms with Crippen LogP contribution in [0.15, 0.2) is 22.7 Å². The minimum absolute atomic E-state index is 0.381. The van der Waals surface area contributed by atoms with E-state index in [9.17, 15) is 9.59 Å². The zero-order chi connectivity index (χ0) is 13.3. The van der Waals surface area contributed by atoms with Crippen molar-refractivity contribution >= 4 is 45.1 Å². The molecule has 2 N–H and O–H groups in total. The van der Waals surface area contributed by atoms with E-state index in [4.69, 9.17) is 16.7 Å². The molecule has 1 amide bonds. The summed E-state index contributed by atoms with van der Waals surface area (Å²) in [5.41, 5.74) is -0.790. The van der Waals surface area contributed by atoms with Crippen LogP contribution < -0.4 is 5.32 Å². The Labute approximate surface area is 117 Å². The number of hydrogen-bond donors (Lipinski definition) is 2. The highest BCUT2D eigenvalue weighted by Crippen LogP contribution is 2.42. The molecule has 2 rings (SSSR count). The van der Waals surface area contributed by atoms with Gasteiger partial charge in [0.25, 0.3) is 0 Å². The first-order chi connectivity index (χ1) is 8.45. The van der Waals surface area contributed by atoms with Gasteiger partial charge >= 0.3 is 5.97 Å². The molecule has 0 atom stereocenters. The van der Waals surface area contributed by atoms with E-state index < -0.39 is 17.3 Å². The highest BCUT2D eigenvalue weighted by Gasteiger charge is 2.51. The molecule has 0 radical (unpaired) electrons. The number of halogens is 2. The third-order valence-electron chi connectivity index (χ3n) is 3.23. The number of rotatable bonds is 3. The Morgan fingerprint density at radius 1 is 1.39 bits per heavy atom. The molecule has 6 heteroatoms. The van der Waals surface area contributed by atoms with Crippen molar-refractivity contribution in [2.75, 3.05) is 5.32 Å². The normalized spacial score (nSPS) is 16.8. The molecule has 18 heavy (non-hydrogen) atoms. The van der Waals surface area contributed by atoms with E-state index in [0.717, 1.165) is 6.42 Å². The molecule has 0 unspecified atom stereocenters. The fraction of sp³-hybridized carbons (Fsp3) is 0.333. The Hall–Kier alpha value is -1.07. The van der Waals surface area contributed by atoms with Crippen molar-refractivity contribution in [2.45, 2.75) is 19.3 Å². The minimum Gasteiger partial charge on any atom is -0.480 e. The first-order valence-corrected chi connectivity index (χ1v) is 6.63. The van der Waals surface area contributed by atoms with Gasteiger partial charge in [-0.2, -0.15) is 0 Å². The van der Waals surface area contributed by atoms with Crippen LogP contribution in [0.25, 0.3) is 0 Å². The third-order valence-corrected chi connectivity index (χ3v) is 4.15. The summed E-state index contributed by atoms with van der Waals surface area (Å²) < 4.78 is 0.667. The summed E-state index contributed by atoms with van der Waals surface area (Å²) in [6.45, 7) is 0. The number of carbonyl (C=O) groups excluding carboxylic acids is 1. The van der Waals surface area contributed by atoms with Gasteiger partial charge in [0, 0.05) is 9.50 Å². The number of benzene rings is 1. The van der Waals surface area contributed by atoms with Crippen LogP contribution in [0.4, 0.5) is 5.69 Å². The van der Waals surface area contributed by atoms with Crippen molar-refractivity contribution < 1.29 is 14.7 Å². The Kier molecular flexibility index (Phi) is 3.64. The van der Waals surface area contributed by atoms with Crippen LogP contribution in [0, 0.1) is 5.41 Å². The predicted molar refractivity (Wildman–Crippen MR) is 71.7 cm³/mol. The smallest absolute Gasteiger partial charge is 0.319 e. The zero-order valence-corrected chi connectivity index (χ0v) is 11.7. The summed E-state index contributed by atoms with van der Waals surface area (Å²) in [7, 11) is 0. The summed E-state index contributed by atoms with van der Waals surface area (Å²) in [6.07, 6.45) is 1.52. The quantitative estimate of drug-likeness (QED) is 0.835. The van der Waals surface area contributed by atoms with Crippen LogP contribution in [-0.4, -0.2) is 17.0 Å². The lowest BCUT2D eigenvalue weighted by Gasteiger charge is -2.35. The first-order valence-electron chi connectivity index (χ1n) is 5.45. The van der Waals surface area contributed by atoms with Gasteiger partial charge < -0.3 is 10.4 Å². The van der Waals surface area contributed by atoms with Gasteiger partial charge in [-0.1, -0.05) is 18.0 Å². The number of aliphatic carboxylic acids is 1. The first kappa shape index (κ1) is 13.4. The summed E-state index contributed by atoms with van der Waals surface area (Å²) >= 11 is 9.12.